The fourth-order valence-corrected chi connectivity index (χ4v) is 3.62. The lowest BCUT2D eigenvalue weighted by atomic mass is 9.89. The number of fused-ring (bicyclic) bond motifs is 1. The summed E-state index contributed by atoms with van der Waals surface area (Å²) in [6.07, 6.45) is 1.77. The Bertz CT molecular complexity index is 1060. The van der Waals surface area contributed by atoms with Crippen molar-refractivity contribution in [2.24, 2.45) is 0 Å². The predicted octanol–water partition coefficient (Wildman–Crippen LogP) is 4.28. The number of carbonyl (C=O) groups is 1. The topological polar surface area (TPSA) is 65.4 Å². The Labute approximate surface area is 168 Å². The monoisotopic (exact) mass is 395 g/mol. The van der Waals surface area contributed by atoms with E-state index in [1.807, 2.05) is 32.0 Å². The van der Waals surface area contributed by atoms with Crippen LogP contribution >= 0.6 is 0 Å². The van der Waals surface area contributed by atoms with Gasteiger partial charge in [0, 0.05) is 17.9 Å². The van der Waals surface area contributed by atoms with Crippen molar-refractivity contribution in [3.63, 3.8) is 0 Å². The molecule has 0 saturated heterocycles. The third-order valence-corrected chi connectivity index (χ3v) is 4.82. The number of hydrogen-bond donors (Lipinski definition) is 1. The third-order valence-electron chi connectivity index (χ3n) is 4.82. The number of imidazole rings is 1. The van der Waals surface area contributed by atoms with Crippen LogP contribution in [0, 0.1) is 5.82 Å². The van der Waals surface area contributed by atoms with E-state index in [1.165, 1.54) is 12.1 Å². The zero-order chi connectivity index (χ0) is 20.5. The molecular formula is C22H22FN3O3. The molecule has 1 atom stereocenters. The number of nitrogens with one attached hydrogen (secondary N) is 1. The van der Waals surface area contributed by atoms with Gasteiger partial charge in [0.25, 0.3) is 0 Å². The molecule has 0 fully saturated rings. The molecule has 29 heavy (non-hydrogen) atoms. The standard InChI is InChI=1S/C22H22FN3O3/c1-13(2)29-21-16(8-5-9-18(21)28-3)17-11-19(27)25-22-20(17)24-12-26(22)15-7-4-6-14(23)10-15/h4-10,12-13,17H,11H2,1-3H3,(H,25,27)/t17-/m1/s1. The minimum atomic E-state index is -0.357. The van der Waals surface area contributed by atoms with E-state index in [1.54, 1.807) is 30.1 Å². The molecule has 0 aliphatic carbocycles. The zero-order valence-corrected chi connectivity index (χ0v) is 16.5. The van der Waals surface area contributed by atoms with Gasteiger partial charge in [-0.05, 0) is 38.1 Å². The third kappa shape index (κ3) is 3.55. The van der Waals surface area contributed by atoms with Gasteiger partial charge in [-0.15, -0.1) is 0 Å². The van der Waals surface area contributed by atoms with Crippen molar-refractivity contribution in [1.29, 1.82) is 0 Å². The summed E-state index contributed by atoms with van der Waals surface area (Å²) in [6.45, 7) is 3.88. The molecule has 2 heterocycles. The second kappa shape index (κ2) is 7.58. The highest BCUT2D eigenvalue weighted by Gasteiger charge is 2.33. The average molecular weight is 395 g/mol. The molecule has 1 N–H and O–H groups in total. The van der Waals surface area contributed by atoms with E-state index in [2.05, 4.69) is 10.3 Å². The van der Waals surface area contributed by atoms with Crippen LogP contribution in [0.25, 0.3) is 5.69 Å². The van der Waals surface area contributed by atoms with Crippen molar-refractivity contribution in [3.8, 4) is 17.2 Å². The minimum Gasteiger partial charge on any atom is -0.493 e. The molecule has 6 nitrogen and oxygen atoms in total. The number of anilines is 1. The van der Waals surface area contributed by atoms with E-state index < -0.39 is 0 Å². The number of halogens is 1. The van der Waals surface area contributed by atoms with Crippen molar-refractivity contribution in [3.05, 3.63) is 65.9 Å². The average Bonchev–Trinajstić information content (AvgIpc) is 3.11. The first-order chi connectivity index (χ1) is 14.0. The Balaban J connectivity index is 1.84. The van der Waals surface area contributed by atoms with Crippen molar-refractivity contribution >= 4 is 11.7 Å². The van der Waals surface area contributed by atoms with Crippen LogP contribution in [0.15, 0.2) is 48.8 Å². The van der Waals surface area contributed by atoms with E-state index in [9.17, 15) is 9.18 Å². The van der Waals surface area contributed by atoms with E-state index >= 15 is 0 Å². The molecule has 0 radical (unpaired) electrons. The molecule has 0 unspecified atom stereocenters. The van der Waals surface area contributed by atoms with Crippen LogP contribution < -0.4 is 14.8 Å². The van der Waals surface area contributed by atoms with Crippen LogP contribution in [-0.4, -0.2) is 28.7 Å². The summed E-state index contributed by atoms with van der Waals surface area (Å²) in [5.41, 5.74) is 2.12. The van der Waals surface area contributed by atoms with Gasteiger partial charge in [0.15, 0.2) is 11.5 Å². The minimum absolute atomic E-state index is 0.0632. The maximum Gasteiger partial charge on any atom is 0.226 e. The molecule has 0 spiro atoms. The fourth-order valence-electron chi connectivity index (χ4n) is 3.62. The Kier molecular flexibility index (Phi) is 4.96. The van der Waals surface area contributed by atoms with E-state index in [0.717, 1.165) is 5.56 Å². The maximum absolute atomic E-state index is 13.7. The molecule has 150 valence electrons. The van der Waals surface area contributed by atoms with E-state index in [4.69, 9.17) is 9.47 Å². The summed E-state index contributed by atoms with van der Waals surface area (Å²) in [5.74, 6) is 0.944. The molecule has 3 aromatic rings. The normalized spacial score (nSPS) is 15.8. The second-order valence-corrected chi connectivity index (χ2v) is 7.18. The molecule has 1 aliphatic rings. The predicted molar refractivity (Wildman–Crippen MR) is 107 cm³/mol. The van der Waals surface area contributed by atoms with Crippen LogP contribution in [0.1, 0.15) is 37.4 Å². The SMILES string of the molecule is COc1cccc([C@H]2CC(=O)Nc3c2ncn3-c2cccc(F)c2)c1OC(C)C. The molecule has 2 aromatic carbocycles. The quantitative estimate of drug-likeness (QED) is 0.700. The van der Waals surface area contributed by atoms with Crippen LogP contribution in [0.3, 0.4) is 0 Å². The first-order valence-corrected chi connectivity index (χ1v) is 9.44. The van der Waals surface area contributed by atoms with Gasteiger partial charge in [0.2, 0.25) is 5.91 Å². The van der Waals surface area contributed by atoms with Crippen LogP contribution in [0.2, 0.25) is 0 Å². The Hall–Kier alpha value is -3.35. The summed E-state index contributed by atoms with van der Waals surface area (Å²) in [7, 11) is 1.59. The highest BCUT2D eigenvalue weighted by molar-refractivity contribution is 5.94. The molecule has 0 saturated carbocycles. The van der Waals surface area contributed by atoms with Gasteiger partial charge in [-0.3, -0.25) is 9.36 Å². The van der Waals surface area contributed by atoms with Gasteiger partial charge in [-0.25, -0.2) is 9.37 Å². The molecule has 0 bridgehead atoms. The number of ether oxygens (including phenoxy) is 2. The number of carbonyl (C=O) groups excluding carboxylic acids is 1. The molecular weight excluding hydrogens is 373 g/mol. The lowest BCUT2D eigenvalue weighted by Crippen LogP contribution is -2.25. The van der Waals surface area contributed by atoms with Gasteiger partial charge < -0.3 is 14.8 Å². The Morgan fingerprint density at radius 2 is 2.03 bits per heavy atom. The van der Waals surface area contributed by atoms with Gasteiger partial charge in [-0.1, -0.05) is 18.2 Å². The number of para-hydroxylation sites is 1. The first-order valence-electron chi connectivity index (χ1n) is 9.44. The van der Waals surface area contributed by atoms with Crippen molar-refractivity contribution in [1.82, 2.24) is 9.55 Å². The number of benzene rings is 2. The lowest BCUT2D eigenvalue weighted by molar-refractivity contribution is -0.116. The Morgan fingerprint density at radius 3 is 2.76 bits per heavy atom. The van der Waals surface area contributed by atoms with Crippen molar-refractivity contribution in [2.45, 2.75) is 32.3 Å². The van der Waals surface area contributed by atoms with E-state index in [-0.39, 0.29) is 30.2 Å². The van der Waals surface area contributed by atoms with Crippen molar-refractivity contribution in [2.75, 3.05) is 12.4 Å². The number of nitrogens with zero attached hydrogens (tertiary/aromatic N) is 2. The van der Waals surface area contributed by atoms with Gasteiger partial charge in [0.05, 0.1) is 24.6 Å². The van der Waals surface area contributed by atoms with Gasteiger partial charge in [0.1, 0.15) is 18.0 Å². The van der Waals surface area contributed by atoms with Gasteiger partial charge in [-0.2, -0.15) is 0 Å². The number of methoxy groups -OCH3 is 1. The molecule has 7 heteroatoms. The summed E-state index contributed by atoms with van der Waals surface area (Å²) in [4.78, 5) is 17.1. The fraction of sp³-hybridized carbons (Fsp3) is 0.273. The molecule has 1 aliphatic heterocycles. The van der Waals surface area contributed by atoms with Gasteiger partial charge >= 0.3 is 0 Å². The number of amides is 1. The van der Waals surface area contributed by atoms with Crippen LogP contribution in [0.4, 0.5) is 10.2 Å². The second-order valence-electron chi connectivity index (χ2n) is 7.18. The zero-order valence-electron chi connectivity index (χ0n) is 16.5. The van der Waals surface area contributed by atoms with Crippen LogP contribution in [-0.2, 0) is 4.79 Å². The largest absolute Gasteiger partial charge is 0.493 e. The Morgan fingerprint density at radius 1 is 1.24 bits per heavy atom. The van der Waals surface area contributed by atoms with Crippen molar-refractivity contribution < 1.29 is 18.7 Å². The highest BCUT2D eigenvalue weighted by Crippen LogP contribution is 2.44. The molecule has 4 rings (SSSR count). The maximum atomic E-state index is 13.7. The molecule has 1 aromatic heterocycles. The number of aromatic nitrogens is 2. The lowest BCUT2D eigenvalue weighted by Gasteiger charge is -2.26. The summed E-state index contributed by atoms with van der Waals surface area (Å²) >= 11 is 0. The summed E-state index contributed by atoms with van der Waals surface area (Å²) in [5, 5.41) is 2.88. The number of rotatable bonds is 5. The summed E-state index contributed by atoms with van der Waals surface area (Å²) < 4.78 is 26.9. The number of hydrogen-bond acceptors (Lipinski definition) is 4. The molecule has 1 amide bonds. The van der Waals surface area contributed by atoms with E-state index in [0.29, 0.717) is 28.7 Å². The van der Waals surface area contributed by atoms with Crippen LogP contribution in [0.5, 0.6) is 11.5 Å². The highest BCUT2D eigenvalue weighted by atomic mass is 19.1. The first kappa shape index (κ1) is 19.0. The summed E-state index contributed by atoms with van der Waals surface area (Å²) in [6, 6.07) is 11.8. The smallest absolute Gasteiger partial charge is 0.226 e.